The van der Waals surface area contributed by atoms with E-state index in [1.54, 1.807) is 29.2 Å². The number of hydrogen-bond acceptors (Lipinski definition) is 3. The highest BCUT2D eigenvalue weighted by molar-refractivity contribution is 5.99. The summed E-state index contributed by atoms with van der Waals surface area (Å²) in [4.78, 5) is 26.1. The van der Waals surface area contributed by atoms with Crippen LogP contribution in [-0.4, -0.2) is 31.0 Å². The average Bonchev–Trinajstić information content (AvgIpc) is 3.02. The Morgan fingerprint density at radius 2 is 1.79 bits per heavy atom. The van der Waals surface area contributed by atoms with Gasteiger partial charge < -0.3 is 15.0 Å². The monoisotopic (exact) mass is 392 g/mol. The van der Waals surface area contributed by atoms with Crippen molar-refractivity contribution in [2.45, 2.75) is 25.6 Å². The van der Waals surface area contributed by atoms with Gasteiger partial charge in [0, 0.05) is 24.2 Å². The number of ether oxygens (including phenoxy) is 1. The van der Waals surface area contributed by atoms with Gasteiger partial charge in [-0.3, -0.25) is 9.59 Å². The molecule has 1 saturated heterocycles. The fourth-order valence-corrected chi connectivity index (χ4v) is 3.02. The molecule has 148 valence electrons. The van der Waals surface area contributed by atoms with E-state index in [1.165, 1.54) is 0 Å². The second-order valence-electron chi connectivity index (χ2n) is 6.38. The largest absolute Gasteiger partial charge is 0.494 e. The molecule has 0 radical (unpaired) electrons. The van der Waals surface area contributed by atoms with E-state index < -0.39 is 23.7 Å². The number of amides is 2. The zero-order chi connectivity index (χ0) is 20.3. The normalized spacial score (nSPS) is 16.9. The highest BCUT2D eigenvalue weighted by Crippen LogP contribution is 2.29. The van der Waals surface area contributed by atoms with E-state index in [0.717, 1.165) is 24.3 Å². The summed E-state index contributed by atoms with van der Waals surface area (Å²) in [6.07, 6.45) is -4.33. The van der Waals surface area contributed by atoms with Crippen molar-refractivity contribution in [3.8, 4) is 5.75 Å². The Labute approximate surface area is 160 Å². The molecule has 1 aliphatic rings. The predicted octanol–water partition coefficient (Wildman–Crippen LogP) is 3.64. The summed E-state index contributed by atoms with van der Waals surface area (Å²) in [7, 11) is 0. The highest BCUT2D eigenvalue weighted by atomic mass is 19.4. The van der Waals surface area contributed by atoms with Crippen LogP contribution in [0.2, 0.25) is 0 Å². The van der Waals surface area contributed by atoms with Crippen molar-refractivity contribution in [3.63, 3.8) is 0 Å². The number of rotatable bonds is 5. The second kappa shape index (κ2) is 7.92. The number of halogens is 3. The van der Waals surface area contributed by atoms with Crippen LogP contribution in [-0.2, 0) is 11.0 Å². The number of benzene rings is 2. The van der Waals surface area contributed by atoms with E-state index in [-0.39, 0.29) is 17.9 Å². The number of hydrogen-bond donors (Lipinski definition) is 1. The smallest absolute Gasteiger partial charge is 0.416 e. The first-order chi connectivity index (χ1) is 13.3. The number of carbonyl (C=O) groups is 2. The Bertz CT molecular complexity index is 848. The Morgan fingerprint density at radius 3 is 2.36 bits per heavy atom. The summed E-state index contributed by atoms with van der Waals surface area (Å²) in [6.45, 7) is 2.71. The van der Waals surface area contributed by atoms with E-state index in [4.69, 9.17) is 4.74 Å². The van der Waals surface area contributed by atoms with Crippen LogP contribution >= 0.6 is 0 Å². The Hall–Kier alpha value is -3.03. The van der Waals surface area contributed by atoms with E-state index in [9.17, 15) is 22.8 Å². The van der Waals surface area contributed by atoms with E-state index in [2.05, 4.69) is 5.32 Å². The first-order valence-electron chi connectivity index (χ1n) is 8.79. The van der Waals surface area contributed by atoms with E-state index in [1.807, 2.05) is 6.92 Å². The lowest BCUT2D eigenvalue weighted by atomic mass is 10.1. The number of alkyl halides is 3. The third-order valence-electron chi connectivity index (χ3n) is 4.39. The van der Waals surface area contributed by atoms with Crippen molar-refractivity contribution in [1.29, 1.82) is 0 Å². The molecule has 1 unspecified atom stereocenters. The molecule has 2 aromatic rings. The predicted molar refractivity (Wildman–Crippen MR) is 97.3 cm³/mol. The van der Waals surface area contributed by atoms with Crippen LogP contribution in [0.15, 0.2) is 48.5 Å². The van der Waals surface area contributed by atoms with E-state index in [0.29, 0.717) is 24.6 Å². The highest BCUT2D eigenvalue weighted by Gasteiger charge is 2.33. The molecule has 3 rings (SSSR count). The zero-order valence-corrected chi connectivity index (χ0v) is 15.1. The molecule has 0 bridgehead atoms. The van der Waals surface area contributed by atoms with Gasteiger partial charge in [-0.25, -0.2) is 0 Å². The average molecular weight is 392 g/mol. The second-order valence-corrected chi connectivity index (χ2v) is 6.38. The minimum atomic E-state index is -4.45. The summed E-state index contributed by atoms with van der Waals surface area (Å²) in [6, 6.07) is 10.6. The molecule has 0 spiro atoms. The topological polar surface area (TPSA) is 58.6 Å². The molecule has 28 heavy (non-hydrogen) atoms. The molecule has 0 aromatic heterocycles. The number of nitrogens with zero attached hydrogens (tertiary/aromatic N) is 1. The van der Waals surface area contributed by atoms with Gasteiger partial charge in [-0.15, -0.1) is 0 Å². The van der Waals surface area contributed by atoms with Crippen LogP contribution < -0.4 is 15.0 Å². The number of anilines is 1. The first-order valence-corrected chi connectivity index (χ1v) is 8.79. The summed E-state index contributed by atoms with van der Waals surface area (Å²) >= 11 is 0. The molecule has 1 fully saturated rings. The molecule has 1 aliphatic heterocycles. The minimum Gasteiger partial charge on any atom is -0.494 e. The van der Waals surface area contributed by atoms with Crippen molar-refractivity contribution < 1.29 is 27.5 Å². The van der Waals surface area contributed by atoms with Gasteiger partial charge in [0.15, 0.2) is 0 Å². The Kier molecular flexibility index (Phi) is 5.58. The lowest BCUT2D eigenvalue weighted by Gasteiger charge is -2.18. The lowest BCUT2D eigenvalue weighted by molar-refractivity contribution is -0.137. The first kappa shape index (κ1) is 19.7. The maximum Gasteiger partial charge on any atom is 0.416 e. The minimum absolute atomic E-state index is 0.111. The standard InChI is InChI=1S/C20H19F3N2O3/c1-2-28-17-9-7-16(8-10-17)25-12-15(11-18(25)26)24-19(27)13-3-5-14(6-4-13)20(21,22)23/h3-10,15H,2,11-12H2,1H3,(H,24,27). The van der Waals surface area contributed by atoms with Gasteiger partial charge in [-0.05, 0) is 55.5 Å². The quantitative estimate of drug-likeness (QED) is 0.845. The Morgan fingerprint density at radius 1 is 1.14 bits per heavy atom. The third-order valence-corrected chi connectivity index (χ3v) is 4.39. The van der Waals surface area contributed by atoms with Crippen molar-refractivity contribution >= 4 is 17.5 Å². The molecule has 0 saturated carbocycles. The van der Waals surface area contributed by atoms with Gasteiger partial charge in [-0.2, -0.15) is 13.2 Å². The number of nitrogens with one attached hydrogen (secondary N) is 1. The van der Waals surface area contributed by atoms with Crippen molar-refractivity contribution in [2.24, 2.45) is 0 Å². The summed E-state index contributed by atoms with van der Waals surface area (Å²) in [5, 5.41) is 2.71. The molecule has 1 heterocycles. The fraction of sp³-hybridized carbons (Fsp3) is 0.300. The van der Waals surface area contributed by atoms with E-state index >= 15 is 0 Å². The summed E-state index contributed by atoms with van der Waals surface area (Å²) in [5.41, 5.74) is -0.0125. The maximum absolute atomic E-state index is 12.6. The molecule has 0 aliphatic carbocycles. The van der Waals surface area contributed by atoms with Crippen LogP contribution in [0.5, 0.6) is 5.75 Å². The van der Waals surface area contributed by atoms with Crippen molar-refractivity contribution in [3.05, 3.63) is 59.7 Å². The molecule has 8 heteroatoms. The Balaban J connectivity index is 1.62. The zero-order valence-electron chi connectivity index (χ0n) is 15.1. The molecule has 5 nitrogen and oxygen atoms in total. The summed E-state index contributed by atoms with van der Waals surface area (Å²) < 4.78 is 43.2. The van der Waals surface area contributed by atoms with Gasteiger partial charge in [0.2, 0.25) is 5.91 Å². The van der Waals surface area contributed by atoms with Crippen LogP contribution in [0.3, 0.4) is 0 Å². The SMILES string of the molecule is CCOc1ccc(N2CC(NC(=O)c3ccc(C(F)(F)F)cc3)CC2=O)cc1. The van der Waals surface area contributed by atoms with Gasteiger partial charge in [0.05, 0.1) is 18.2 Å². The van der Waals surface area contributed by atoms with Crippen molar-refractivity contribution in [2.75, 3.05) is 18.1 Å². The van der Waals surface area contributed by atoms with Crippen molar-refractivity contribution in [1.82, 2.24) is 5.32 Å². The lowest BCUT2D eigenvalue weighted by Crippen LogP contribution is -2.37. The molecule has 2 aromatic carbocycles. The van der Waals surface area contributed by atoms with Crippen LogP contribution in [0.25, 0.3) is 0 Å². The third kappa shape index (κ3) is 4.44. The van der Waals surface area contributed by atoms with Gasteiger partial charge in [0.25, 0.3) is 5.91 Å². The number of carbonyl (C=O) groups excluding carboxylic acids is 2. The van der Waals surface area contributed by atoms with Gasteiger partial charge in [-0.1, -0.05) is 0 Å². The van der Waals surface area contributed by atoms with Gasteiger partial charge in [0.1, 0.15) is 5.75 Å². The van der Waals surface area contributed by atoms with Crippen LogP contribution in [0.1, 0.15) is 29.3 Å². The fourth-order valence-electron chi connectivity index (χ4n) is 3.02. The van der Waals surface area contributed by atoms with Gasteiger partial charge >= 0.3 is 6.18 Å². The summed E-state index contributed by atoms with van der Waals surface area (Å²) in [5.74, 6) is 0.0481. The van der Waals surface area contributed by atoms with Crippen LogP contribution in [0.4, 0.5) is 18.9 Å². The maximum atomic E-state index is 12.6. The van der Waals surface area contributed by atoms with Crippen LogP contribution in [0, 0.1) is 0 Å². The molecule has 1 atom stereocenters. The molecule has 1 N–H and O–H groups in total. The molecule has 2 amide bonds. The molecular weight excluding hydrogens is 373 g/mol. The molecular formula is C20H19F3N2O3.